The highest BCUT2D eigenvalue weighted by atomic mass is 35.5. The summed E-state index contributed by atoms with van der Waals surface area (Å²) < 4.78 is 4.61. The summed E-state index contributed by atoms with van der Waals surface area (Å²) in [5.74, 6) is -0.922. The van der Waals surface area contributed by atoms with Crippen LogP contribution < -0.4 is 10.1 Å². The zero-order chi connectivity index (χ0) is 17.9. The Labute approximate surface area is 154 Å². The van der Waals surface area contributed by atoms with Crippen molar-refractivity contribution in [2.45, 2.75) is 44.0 Å². The standard InChI is InChI=1S/C15H18Cl2N2O4S/c1-8(2)23-13-10(17)6-9(16)12(19-13)18-11(20)7-24-15(14(21)22)4-3-5-15/h6,8H,3-5,7H2,1-2H3,(H,21,22)(H,18,19,20). The van der Waals surface area contributed by atoms with E-state index in [-0.39, 0.29) is 39.5 Å². The molecule has 24 heavy (non-hydrogen) atoms. The van der Waals surface area contributed by atoms with Gasteiger partial charge in [0.25, 0.3) is 0 Å². The van der Waals surface area contributed by atoms with Crippen LogP contribution in [0.15, 0.2) is 6.07 Å². The zero-order valence-corrected chi connectivity index (χ0v) is 15.6. The first-order valence-corrected chi connectivity index (χ1v) is 9.17. The van der Waals surface area contributed by atoms with E-state index in [0.29, 0.717) is 12.8 Å². The molecular weight excluding hydrogens is 375 g/mol. The Morgan fingerprint density at radius 1 is 1.42 bits per heavy atom. The highest BCUT2D eigenvalue weighted by molar-refractivity contribution is 8.02. The Hall–Kier alpha value is -1.18. The van der Waals surface area contributed by atoms with Crippen molar-refractivity contribution in [2.24, 2.45) is 0 Å². The summed E-state index contributed by atoms with van der Waals surface area (Å²) >= 11 is 13.2. The summed E-state index contributed by atoms with van der Waals surface area (Å²) in [6.07, 6.45) is 1.88. The third-order valence-corrected chi connectivity index (χ3v) is 5.63. The second-order valence-corrected chi connectivity index (χ2v) is 7.94. The number of pyridine rings is 1. The number of nitrogens with one attached hydrogen (secondary N) is 1. The molecule has 0 aliphatic heterocycles. The molecule has 1 heterocycles. The number of carbonyl (C=O) groups excluding carboxylic acids is 1. The molecule has 1 fully saturated rings. The van der Waals surface area contributed by atoms with E-state index in [1.165, 1.54) is 6.07 Å². The number of anilines is 1. The van der Waals surface area contributed by atoms with Gasteiger partial charge < -0.3 is 15.2 Å². The van der Waals surface area contributed by atoms with Gasteiger partial charge in [-0.1, -0.05) is 23.2 Å². The van der Waals surface area contributed by atoms with Crippen LogP contribution in [0.2, 0.25) is 10.0 Å². The summed E-state index contributed by atoms with van der Waals surface area (Å²) in [7, 11) is 0. The lowest BCUT2D eigenvalue weighted by Gasteiger charge is -2.36. The Bertz CT molecular complexity index is 651. The lowest BCUT2D eigenvalue weighted by Crippen LogP contribution is -2.43. The molecule has 0 bridgehead atoms. The van der Waals surface area contributed by atoms with Crippen LogP contribution in [0.5, 0.6) is 5.88 Å². The van der Waals surface area contributed by atoms with E-state index in [1.54, 1.807) is 0 Å². The fourth-order valence-corrected chi connectivity index (χ4v) is 3.76. The van der Waals surface area contributed by atoms with E-state index in [4.69, 9.17) is 27.9 Å². The topological polar surface area (TPSA) is 88.5 Å². The fraction of sp³-hybridized carbons (Fsp3) is 0.533. The minimum atomic E-state index is -0.873. The molecule has 0 unspecified atom stereocenters. The number of carbonyl (C=O) groups is 2. The third-order valence-electron chi connectivity index (χ3n) is 3.53. The van der Waals surface area contributed by atoms with E-state index in [9.17, 15) is 14.7 Å². The molecule has 1 aromatic heterocycles. The summed E-state index contributed by atoms with van der Waals surface area (Å²) in [5, 5.41) is 12.3. The molecule has 1 aliphatic rings. The van der Waals surface area contributed by atoms with Crippen molar-refractivity contribution in [1.82, 2.24) is 4.98 Å². The molecule has 1 amide bonds. The van der Waals surface area contributed by atoms with Gasteiger partial charge in [-0.15, -0.1) is 11.8 Å². The first-order valence-electron chi connectivity index (χ1n) is 7.43. The van der Waals surface area contributed by atoms with E-state index < -0.39 is 10.7 Å². The van der Waals surface area contributed by atoms with Gasteiger partial charge in [-0.3, -0.25) is 9.59 Å². The van der Waals surface area contributed by atoms with Crippen LogP contribution in [0.25, 0.3) is 0 Å². The van der Waals surface area contributed by atoms with Crippen LogP contribution >= 0.6 is 35.0 Å². The van der Waals surface area contributed by atoms with E-state index in [1.807, 2.05) is 13.8 Å². The number of aromatic nitrogens is 1. The van der Waals surface area contributed by atoms with Crippen LogP contribution in [0.4, 0.5) is 5.82 Å². The molecule has 1 aromatic rings. The second kappa shape index (κ2) is 7.80. The Morgan fingerprint density at radius 3 is 2.58 bits per heavy atom. The Kier molecular flexibility index (Phi) is 6.22. The van der Waals surface area contributed by atoms with Crippen molar-refractivity contribution in [3.63, 3.8) is 0 Å². The fourth-order valence-electron chi connectivity index (χ4n) is 2.13. The van der Waals surface area contributed by atoms with E-state index in [0.717, 1.165) is 18.2 Å². The monoisotopic (exact) mass is 392 g/mol. The number of amides is 1. The first kappa shape index (κ1) is 19.1. The normalized spacial score (nSPS) is 15.7. The van der Waals surface area contributed by atoms with Crippen LogP contribution in [0.3, 0.4) is 0 Å². The Balaban J connectivity index is 2.02. The summed E-state index contributed by atoms with van der Waals surface area (Å²) in [5.41, 5.74) is 0. The van der Waals surface area contributed by atoms with Gasteiger partial charge in [0.1, 0.15) is 9.77 Å². The number of hydrogen-bond donors (Lipinski definition) is 2. The van der Waals surface area contributed by atoms with Crippen LogP contribution in [0.1, 0.15) is 33.1 Å². The average Bonchev–Trinajstić information content (AvgIpc) is 2.42. The van der Waals surface area contributed by atoms with Crippen molar-refractivity contribution in [2.75, 3.05) is 11.1 Å². The first-order chi connectivity index (χ1) is 11.2. The number of carboxylic acids is 1. The minimum absolute atomic E-state index is 0.00725. The van der Waals surface area contributed by atoms with Gasteiger partial charge in [0.2, 0.25) is 11.8 Å². The molecule has 132 valence electrons. The number of carboxylic acid groups (broad SMARTS) is 1. The number of thioether (sulfide) groups is 1. The number of aliphatic carboxylic acids is 1. The Morgan fingerprint density at radius 2 is 2.08 bits per heavy atom. The highest BCUT2D eigenvalue weighted by Gasteiger charge is 2.45. The number of ether oxygens (including phenoxy) is 1. The molecule has 2 rings (SSSR count). The van der Waals surface area contributed by atoms with Gasteiger partial charge in [0.05, 0.1) is 16.9 Å². The molecule has 9 heteroatoms. The number of rotatable bonds is 7. The molecule has 1 saturated carbocycles. The lowest BCUT2D eigenvalue weighted by molar-refractivity contribution is -0.142. The number of halogens is 2. The smallest absolute Gasteiger partial charge is 0.319 e. The molecule has 6 nitrogen and oxygen atoms in total. The maximum atomic E-state index is 12.1. The summed E-state index contributed by atoms with van der Waals surface area (Å²) in [4.78, 5) is 27.5. The molecule has 2 N–H and O–H groups in total. The molecule has 0 aromatic carbocycles. The maximum Gasteiger partial charge on any atom is 0.319 e. The van der Waals surface area contributed by atoms with Gasteiger partial charge in [-0.25, -0.2) is 0 Å². The van der Waals surface area contributed by atoms with Crippen LogP contribution in [-0.2, 0) is 9.59 Å². The maximum absolute atomic E-state index is 12.1. The number of nitrogens with zero attached hydrogens (tertiary/aromatic N) is 1. The third kappa shape index (κ3) is 4.46. The van der Waals surface area contributed by atoms with Crippen molar-refractivity contribution in [3.8, 4) is 5.88 Å². The van der Waals surface area contributed by atoms with E-state index in [2.05, 4.69) is 10.3 Å². The predicted molar refractivity (Wildman–Crippen MR) is 95.3 cm³/mol. The van der Waals surface area contributed by atoms with Gasteiger partial charge in [0.15, 0.2) is 5.82 Å². The second-order valence-electron chi connectivity index (χ2n) is 5.76. The molecule has 0 radical (unpaired) electrons. The van der Waals surface area contributed by atoms with Crippen molar-refractivity contribution < 1.29 is 19.4 Å². The van der Waals surface area contributed by atoms with Crippen molar-refractivity contribution in [1.29, 1.82) is 0 Å². The predicted octanol–water partition coefficient (Wildman–Crippen LogP) is 3.85. The molecule has 0 spiro atoms. The molecule has 0 atom stereocenters. The van der Waals surface area contributed by atoms with Gasteiger partial charge in [0, 0.05) is 0 Å². The lowest BCUT2D eigenvalue weighted by atomic mass is 9.84. The number of hydrogen-bond acceptors (Lipinski definition) is 5. The van der Waals surface area contributed by atoms with Gasteiger partial charge in [-0.05, 0) is 39.2 Å². The summed E-state index contributed by atoms with van der Waals surface area (Å²) in [6.45, 7) is 3.65. The minimum Gasteiger partial charge on any atom is -0.480 e. The average molecular weight is 393 g/mol. The SMILES string of the molecule is CC(C)Oc1nc(NC(=O)CSC2(C(=O)O)CCC2)c(Cl)cc1Cl. The molecule has 0 saturated heterocycles. The quantitative estimate of drug-likeness (QED) is 0.732. The molecular formula is C15H18Cl2N2O4S. The van der Waals surface area contributed by atoms with Crippen LogP contribution in [-0.4, -0.2) is 38.6 Å². The zero-order valence-electron chi connectivity index (χ0n) is 13.3. The molecule has 1 aliphatic carbocycles. The van der Waals surface area contributed by atoms with Crippen LogP contribution in [0, 0.1) is 0 Å². The van der Waals surface area contributed by atoms with Crippen molar-refractivity contribution in [3.05, 3.63) is 16.1 Å². The van der Waals surface area contributed by atoms with Gasteiger partial charge in [-0.2, -0.15) is 4.98 Å². The highest BCUT2D eigenvalue weighted by Crippen LogP contribution is 2.44. The largest absolute Gasteiger partial charge is 0.480 e. The van der Waals surface area contributed by atoms with Crippen molar-refractivity contribution >= 4 is 52.7 Å². The summed E-state index contributed by atoms with van der Waals surface area (Å²) in [6, 6.07) is 1.45. The van der Waals surface area contributed by atoms with Gasteiger partial charge >= 0.3 is 5.97 Å². The van der Waals surface area contributed by atoms with E-state index >= 15 is 0 Å².